The molecule has 0 aliphatic carbocycles. The largest absolute Gasteiger partial charge is 0.333 e. The third-order valence-corrected chi connectivity index (χ3v) is 2.02. The van der Waals surface area contributed by atoms with E-state index in [9.17, 15) is 18.0 Å². The first-order valence-corrected chi connectivity index (χ1v) is 4.90. The molecule has 16 heavy (non-hydrogen) atoms. The Morgan fingerprint density at radius 1 is 1.31 bits per heavy atom. The van der Waals surface area contributed by atoms with Gasteiger partial charge in [-0.15, -0.1) is 0 Å². The van der Waals surface area contributed by atoms with E-state index in [2.05, 4.69) is 0 Å². The molecule has 1 saturated heterocycles. The topological polar surface area (TPSA) is 20.3 Å². The van der Waals surface area contributed by atoms with Crippen molar-refractivity contribution in [1.82, 2.24) is 4.90 Å². The van der Waals surface area contributed by atoms with Gasteiger partial charge in [0.25, 0.3) is 5.92 Å². The number of piperidine rings is 1. The molecule has 0 bridgehead atoms. The van der Waals surface area contributed by atoms with Crippen molar-refractivity contribution in [2.24, 2.45) is 5.41 Å². The molecule has 1 aliphatic rings. The smallest absolute Gasteiger partial charge is 0.268 e. The van der Waals surface area contributed by atoms with Gasteiger partial charge in [0.1, 0.15) is 5.67 Å². The second kappa shape index (κ2) is 3.64. The van der Waals surface area contributed by atoms with E-state index < -0.39 is 42.3 Å². The molecule has 0 N–H and O–H groups in total. The summed E-state index contributed by atoms with van der Waals surface area (Å²) < 4.78 is 72.2. The molecule has 0 spiro atoms. The fourth-order valence-corrected chi connectivity index (χ4v) is 1.36. The third kappa shape index (κ3) is 3.12. The number of hydrogen-bond acceptors (Lipinski definition) is 1. The lowest BCUT2D eigenvalue weighted by atomic mass is 9.89. The fourth-order valence-electron chi connectivity index (χ4n) is 1.36. The van der Waals surface area contributed by atoms with Crippen molar-refractivity contribution in [3.8, 4) is 0 Å². The first kappa shape index (κ1) is 8.37. The fraction of sp³-hybridized carbons (Fsp3) is 0.909. The van der Waals surface area contributed by atoms with Crippen LogP contribution < -0.4 is 0 Å². The van der Waals surface area contributed by atoms with E-state index in [4.69, 9.17) is 5.48 Å². The normalized spacial score (nSPS) is 40.3. The minimum absolute atomic E-state index is 0.274. The zero-order valence-corrected chi connectivity index (χ0v) is 9.70. The van der Waals surface area contributed by atoms with E-state index in [1.165, 1.54) is 20.8 Å². The van der Waals surface area contributed by atoms with Gasteiger partial charge in [0.2, 0.25) is 5.91 Å². The molecule has 94 valence electrons. The molecule has 0 radical (unpaired) electrons. The Labute approximate surface area is 99.4 Å². The Hall–Kier alpha value is -0.740. The maximum atomic E-state index is 14.3. The van der Waals surface area contributed by atoms with Crippen molar-refractivity contribution in [2.45, 2.75) is 45.7 Å². The van der Waals surface area contributed by atoms with E-state index in [1.807, 2.05) is 0 Å². The highest BCUT2D eigenvalue weighted by Crippen LogP contribution is 2.36. The van der Waals surface area contributed by atoms with Gasteiger partial charge in [-0.25, -0.2) is 13.2 Å². The molecule has 2 nitrogen and oxygen atoms in total. The molecule has 0 aromatic rings. The van der Waals surface area contributed by atoms with Crippen LogP contribution in [0.1, 0.15) is 39.6 Å². The number of likely N-dealkylation sites (tertiary alicyclic amines) is 1. The molecule has 1 aliphatic heterocycles. The Morgan fingerprint density at radius 3 is 2.25 bits per heavy atom. The Kier molecular flexibility index (Phi) is 1.90. The van der Waals surface area contributed by atoms with Crippen LogP contribution >= 0.6 is 0 Å². The molecule has 0 saturated carbocycles. The Bertz CT molecular complexity index is 406. The highest BCUT2D eigenvalue weighted by Gasteiger charge is 2.49. The van der Waals surface area contributed by atoms with Crippen LogP contribution in [0.2, 0.25) is 0 Å². The summed E-state index contributed by atoms with van der Waals surface area (Å²) in [4.78, 5) is 11.9. The molecule has 0 aromatic carbocycles. The van der Waals surface area contributed by atoms with Crippen LogP contribution in [0.3, 0.4) is 0 Å². The van der Waals surface area contributed by atoms with E-state index in [1.54, 1.807) is 0 Å². The molecule has 1 atom stereocenters. The molecule has 0 aromatic heterocycles. The Balaban J connectivity index is 3.52. The van der Waals surface area contributed by atoms with Gasteiger partial charge in [0, 0.05) is 11.8 Å². The predicted octanol–water partition coefficient (Wildman–Crippen LogP) is 2.63. The van der Waals surface area contributed by atoms with Gasteiger partial charge in [-0.1, -0.05) is 20.8 Å². The lowest BCUT2D eigenvalue weighted by Gasteiger charge is -2.41. The number of nitrogens with zero attached hydrogens (tertiary/aromatic N) is 1. The average Bonchev–Trinajstić information content (AvgIpc) is 2.11. The maximum Gasteiger partial charge on any atom is 0.268 e. The van der Waals surface area contributed by atoms with Gasteiger partial charge >= 0.3 is 0 Å². The van der Waals surface area contributed by atoms with E-state index in [-0.39, 0.29) is 4.90 Å². The molecular weight excluding hydrogens is 219 g/mol. The lowest BCUT2D eigenvalue weighted by Crippen LogP contribution is -2.57. The first-order chi connectivity index (χ1) is 8.48. The Morgan fingerprint density at radius 2 is 1.81 bits per heavy atom. The quantitative estimate of drug-likeness (QED) is 0.638. The highest BCUT2D eigenvalue weighted by atomic mass is 19.3. The van der Waals surface area contributed by atoms with Crippen LogP contribution in [0.15, 0.2) is 0 Å². The number of alkyl halides is 3. The van der Waals surface area contributed by atoms with Gasteiger partial charge in [0.15, 0.2) is 0 Å². The van der Waals surface area contributed by atoms with Crippen molar-refractivity contribution in [1.29, 1.82) is 0 Å². The van der Waals surface area contributed by atoms with E-state index in [0.29, 0.717) is 6.92 Å². The number of carbonyl (C=O) groups excluding carboxylic acids is 1. The van der Waals surface area contributed by atoms with Crippen molar-refractivity contribution in [2.75, 3.05) is 13.0 Å². The first-order valence-electron chi connectivity index (χ1n) is 6.90. The van der Waals surface area contributed by atoms with Crippen molar-refractivity contribution in [3.63, 3.8) is 0 Å². The van der Waals surface area contributed by atoms with Gasteiger partial charge < -0.3 is 4.90 Å². The summed E-state index contributed by atoms with van der Waals surface area (Å²) in [5, 5.41) is 0. The van der Waals surface area contributed by atoms with Crippen molar-refractivity contribution in [3.05, 3.63) is 0 Å². The van der Waals surface area contributed by atoms with Gasteiger partial charge in [0.05, 0.1) is 18.5 Å². The summed E-state index contributed by atoms with van der Waals surface area (Å²) in [6.45, 7) is -2.20. The zero-order valence-electron chi connectivity index (χ0n) is 13.7. The number of halogens is 3. The monoisotopic (exact) mass is 241 g/mol. The molecule has 1 heterocycles. The minimum atomic E-state index is -4.19. The SMILES string of the molecule is [2H]C1([2H])N(C(=O)C(C)(C)C)C([2H])([2H])C(F)(F)CC1(C)F. The number of rotatable bonds is 0. The number of hydrogen-bond donors (Lipinski definition) is 0. The third-order valence-electron chi connectivity index (χ3n) is 2.02. The summed E-state index contributed by atoms with van der Waals surface area (Å²) in [6.07, 6.45) is -1.63. The van der Waals surface area contributed by atoms with Crippen LogP contribution in [-0.4, -0.2) is 35.4 Å². The molecule has 1 unspecified atom stereocenters. The van der Waals surface area contributed by atoms with E-state index >= 15 is 0 Å². The molecule has 5 heteroatoms. The summed E-state index contributed by atoms with van der Waals surface area (Å²) in [7, 11) is 0. The summed E-state index contributed by atoms with van der Waals surface area (Å²) in [5.41, 5.74) is -4.40. The minimum Gasteiger partial charge on any atom is -0.333 e. The number of amides is 1. The number of carbonyl (C=O) groups is 1. The van der Waals surface area contributed by atoms with Crippen LogP contribution in [0, 0.1) is 5.41 Å². The average molecular weight is 241 g/mol. The summed E-state index contributed by atoms with van der Waals surface area (Å²) >= 11 is 0. The second-order valence-corrected chi connectivity index (χ2v) is 5.19. The summed E-state index contributed by atoms with van der Waals surface area (Å²) in [6, 6.07) is 0. The van der Waals surface area contributed by atoms with Crippen molar-refractivity contribution >= 4 is 5.91 Å². The second-order valence-electron chi connectivity index (χ2n) is 5.19. The van der Waals surface area contributed by atoms with Crippen molar-refractivity contribution < 1.29 is 23.4 Å². The predicted molar refractivity (Wildman–Crippen MR) is 55.1 cm³/mol. The lowest BCUT2D eigenvalue weighted by molar-refractivity contribution is -0.161. The van der Waals surface area contributed by atoms with Gasteiger partial charge in [-0.3, -0.25) is 4.79 Å². The van der Waals surface area contributed by atoms with Crippen LogP contribution in [-0.2, 0) is 4.79 Å². The molecule has 1 fully saturated rings. The summed E-state index contributed by atoms with van der Waals surface area (Å²) in [5.74, 6) is -5.40. The highest BCUT2D eigenvalue weighted by molar-refractivity contribution is 5.81. The molecule has 1 amide bonds. The standard InChI is InChI=1S/C11H18F3NO/c1-9(2,3)8(16)15-6-10(4,12)5-11(13,14)7-15/h5-7H2,1-4H3/i6D2,7D2. The zero-order chi connectivity index (χ0) is 16.4. The van der Waals surface area contributed by atoms with Crippen LogP contribution in [0.4, 0.5) is 13.2 Å². The van der Waals surface area contributed by atoms with Gasteiger partial charge in [-0.05, 0) is 6.92 Å². The van der Waals surface area contributed by atoms with Crippen LogP contribution in [0.5, 0.6) is 0 Å². The van der Waals surface area contributed by atoms with Crippen LogP contribution in [0.25, 0.3) is 0 Å². The molecular formula is C11H18F3NO. The molecule has 1 rings (SSSR count). The van der Waals surface area contributed by atoms with E-state index in [0.717, 1.165) is 0 Å². The van der Waals surface area contributed by atoms with Gasteiger partial charge in [-0.2, -0.15) is 0 Å². The maximum absolute atomic E-state index is 14.3.